The number of halogens is 1. The molecule has 0 aliphatic carbocycles. The van der Waals surface area contributed by atoms with Gasteiger partial charge in [-0.1, -0.05) is 32.0 Å². The summed E-state index contributed by atoms with van der Waals surface area (Å²) in [5.74, 6) is 3.00. The molecule has 0 fully saturated rings. The maximum absolute atomic E-state index is 5.44. The second-order valence-corrected chi connectivity index (χ2v) is 5.82. The molecule has 0 aliphatic rings. The van der Waals surface area contributed by atoms with Crippen molar-refractivity contribution >= 4 is 29.9 Å². The van der Waals surface area contributed by atoms with Crippen molar-refractivity contribution in [1.29, 1.82) is 0 Å². The van der Waals surface area contributed by atoms with Crippen LogP contribution in [0.2, 0.25) is 0 Å². The Hall–Kier alpha value is -1.84. The Bertz CT molecular complexity index is 688. The number of aliphatic imine (C=N–C) groups is 1. The van der Waals surface area contributed by atoms with Crippen LogP contribution < -0.4 is 15.4 Å². The van der Waals surface area contributed by atoms with Gasteiger partial charge in [-0.15, -0.1) is 34.2 Å². The third-order valence-corrected chi connectivity index (χ3v) is 4.13. The quantitative estimate of drug-likeness (QED) is 0.351. The molecule has 26 heavy (non-hydrogen) atoms. The lowest BCUT2D eigenvalue weighted by atomic mass is 10.0. The van der Waals surface area contributed by atoms with Gasteiger partial charge in [0.2, 0.25) is 0 Å². The molecule has 0 amide bonds. The number of para-hydroxylation sites is 1. The Labute approximate surface area is 172 Å². The summed E-state index contributed by atoms with van der Waals surface area (Å²) < 4.78 is 7.49. The Kier molecular flexibility index (Phi) is 10.0. The summed E-state index contributed by atoms with van der Waals surface area (Å²) in [5, 5.41) is 14.7. The molecule has 144 valence electrons. The molecule has 7 nitrogen and oxygen atoms in total. The van der Waals surface area contributed by atoms with Gasteiger partial charge in [-0.05, 0) is 11.6 Å². The van der Waals surface area contributed by atoms with Gasteiger partial charge in [0, 0.05) is 39.0 Å². The summed E-state index contributed by atoms with van der Waals surface area (Å²) in [6.45, 7) is 6.58. The van der Waals surface area contributed by atoms with Gasteiger partial charge in [0.15, 0.2) is 5.96 Å². The average molecular weight is 472 g/mol. The van der Waals surface area contributed by atoms with Gasteiger partial charge in [-0.3, -0.25) is 4.99 Å². The first kappa shape index (κ1) is 22.2. The molecule has 1 unspecified atom stereocenters. The molecule has 0 saturated heterocycles. The lowest BCUT2D eigenvalue weighted by Crippen LogP contribution is -2.40. The van der Waals surface area contributed by atoms with Gasteiger partial charge >= 0.3 is 0 Å². The van der Waals surface area contributed by atoms with Crippen LogP contribution in [0.1, 0.15) is 31.2 Å². The Morgan fingerprint density at radius 1 is 1.31 bits per heavy atom. The highest BCUT2D eigenvalue weighted by molar-refractivity contribution is 14.0. The fourth-order valence-corrected chi connectivity index (χ4v) is 2.69. The molecule has 0 bridgehead atoms. The lowest BCUT2D eigenvalue weighted by Gasteiger charge is -2.18. The molecule has 8 heteroatoms. The maximum atomic E-state index is 5.44. The van der Waals surface area contributed by atoms with Crippen molar-refractivity contribution in [1.82, 2.24) is 25.4 Å². The second kappa shape index (κ2) is 11.7. The van der Waals surface area contributed by atoms with Gasteiger partial charge in [0.25, 0.3) is 0 Å². The van der Waals surface area contributed by atoms with Crippen LogP contribution in [0.15, 0.2) is 35.6 Å². The molecule has 0 radical (unpaired) electrons. The van der Waals surface area contributed by atoms with E-state index in [0.717, 1.165) is 43.6 Å². The summed E-state index contributed by atoms with van der Waals surface area (Å²) >= 11 is 0. The molecule has 2 aromatic rings. The zero-order valence-electron chi connectivity index (χ0n) is 15.9. The van der Waals surface area contributed by atoms with E-state index in [0.29, 0.717) is 5.92 Å². The number of methoxy groups -OCH3 is 1. The molecule has 0 aliphatic heterocycles. The van der Waals surface area contributed by atoms with Crippen molar-refractivity contribution in [2.24, 2.45) is 4.99 Å². The number of ether oxygens (including phenoxy) is 1. The van der Waals surface area contributed by atoms with E-state index in [-0.39, 0.29) is 24.0 Å². The average Bonchev–Trinajstić information content (AvgIpc) is 3.11. The first-order chi connectivity index (χ1) is 12.2. The first-order valence-electron chi connectivity index (χ1n) is 8.63. The van der Waals surface area contributed by atoms with Crippen LogP contribution in [0, 0.1) is 0 Å². The van der Waals surface area contributed by atoms with Gasteiger partial charge < -0.3 is 19.9 Å². The second-order valence-electron chi connectivity index (χ2n) is 5.82. The highest BCUT2D eigenvalue weighted by atomic mass is 127. The fourth-order valence-electron chi connectivity index (χ4n) is 2.69. The molecule has 1 aromatic heterocycles. The topological polar surface area (TPSA) is 76.4 Å². The van der Waals surface area contributed by atoms with Crippen LogP contribution in [0.5, 0.6) is 5.75 Å². The molecular formula is C18H29IN6O. The SMILES string of the molecule is CCc1nncn1CCNC(=NC)NCC(C)c1ccccc1OC.I. The van der Waals surface area contributed by atoms with Crippen LogP contribution in [0.25, 0.3) is 0 Å². The third-order valence-electron chi connectivity index (χ3n) is 4.13. The third kappa shape index (κ3) is 6.15. The van der Waals surface area contributed by atoms with E-state index in [1.165, 1.54) is 5.56 Å². The minimum Gasteiger partial charge on any atom is -0.496 e. The van der Waals surface area contributed by atoms with E-state index >= 15 is 0 Å². The highest BCUT2D eigenvalue weighted by Crippen LogP contribution is 2.25. The van der Waals surface area contributed by atoms with Crippen molar-refractivity contribution < 1.29 is 4.74 Å². The summed E-state index contributed by atoms with van der Waals surface area (Å²) in [4.78, 5) is 4.28. The van der Waals surface area contributed by atoms with Crippen molar-refractivity contribution in [2.75, 3.05) is 27.2 Å². The zero-order valence-corrected chi connectivity index (χ0v) is 18.2. The molecule has 1 atom stereocenters. The van der Waals surface area contributed by atoms with Crippen LogP contribution in [0.4, 0.5) is 0 Å². The normalized spacial score (nSPS) is 12.2. The standard InChI is InChI=1S/C18H28N6O.HI/c1-5-17-23-22-13-24(17)11-10-20-18(19-3)21-12-14(2)15-8-6-7-9-16(15)25-4;/h6-9,13-14H,5,10-12H2,1-4H3,(H2,19,20,21);1H. The van der Waals surface area contributed by atoms with Crippen molar-refractivity contribution in [2.45, 2.75) is 32.7 Å². The van der Waals surface area contributed by atoms with Gasteiger partial charge in [-0.2, -0.15) is 0 Å². The number of nitrogens with zero attached hydrogens (tertiary/aromatic N) is 4. The van der Waals surface area contributed by atoms with E-state index in [2.05, 4.69) is 50.3 Å². The maximum Gasteiger partial charge on any atom is 0.191 e. The van der Waals surface area contributed by atoms with Gasteiger partial charge in [0.1, 0.15) is 17.9 Å². The first-order valence-corrected chi connectivity index (χ1v) is 8.63. The summed E-state index contributed by atoms with van der Waals surface area (Å²) in [6, 6.07) is 8.10. The van der Waals surface area contributed by atoms with Crippen LogP contribution in [-0.2, 0) is 13.0 Å². The summed E-state index contributed by atoms with van der Waals surface area (Å²) in [7, 11) is 3.48. The van der Waals surface area contributed by atoms with Crippen molar-refractivity contribution in [3.05, 3.63) is 42.0 Å². The minimum atomic E-state index is 0. The number of rotatable bonds is 8. The molecule has 2 N–H and O–H groups in total. The molecule has 1 heterocycles. The smallest absolute Gasteiger partial charge is 0.191 e. The van der Waals surface area contributed by atoms with Crippen LogP contribution in [-0.4, -0.2) is 48.0 Å². The predicted molar refractivity (Wildman–Crippen MR) is 116 cm³/mol. The monoisotopic (exact) mass is 472 g/mol. The van der Waals surface area contributed by atoms with Crippen LogP contribution >= 0.6 is 24.0 Å². The Balaban J connectivity index is 0.00000338. The predicted octanol–water partition coefficient (Wildman–Crippen LogP) is 2.44. The van der Waals surface area contributed by atoms with Gasteiger partial charge in [0.05, 0.1) is 7.11 Å². The van der Waals surface area contributed by atoms with E-state index in [4.69, 9.17) is 4.74 Å². The number of hydrogen-bond acceptors (Lipinski definition) is 4. The highest BCUT2D eigenvalue weighted by Gasteiger charge is 2.11. The summed E-state index contributed by atoms with van der Waals surface area (Å²) in [5.41, 5.74) is 1.19. The number of guanidine groups is 1. The molecule has 0 saturated carbocycles. The van der Waals surface area contributed by atoms with E-state index in [9.17, 15) is 0 Å². The Morgan fingerprint density at radius 2 is 2.08 bits per heavy atom. The number of nitrogens with one attached hydrogen (secondary N) is 2. The lowest BCUT2D eigenvalue weighted by molar-refractivity contribution is 0.406. The number of benzene rings is 1. The molecule has 2 rings (SSSR count). The number of hydrogen-bond donors (Lipinski definition) is 2. The number of aromatic nitrogens is 3. The summed E-state index contributed by atoms with van der Waals surface area (Å²) in [6.07, 6.45) is 2.64. The Morgan fingerprint density at radius 3 is 2.77 bits per heavy atom. The van der Waals surface area contributed by atoms with E-state index in [1.54, 1.807) is 20.5 Å². The van der Waals surface area contributed by atoms with Crippen molar-refractivity contribution in [3.8, 4) is 5.75 Å². The zero-order chi connectivity index (χ0) is 18.1. The number of aryl methyl sites for hydroxylation is 1. The molecular weight excluding hydrogens is 443 g/mol. The van der Waals surface area contributed by atoms with E-state index < -0.39 is 0 Å². The fraction of sp³-hybridized carbons (Fsp3) is 0.500. The van der Waals surface area contributed by atoms with Crippen LogP contribution in [0.3, 0.4) is 0 Å². The van der Waals surface area contributed by atoms with Crippen molar-refractivity contribution in [3.63, 3.8) is 0 Å². The largest absolute Gasteiger partial charge is 0.496 e. The minimum absolute atomic E-state index is 0. The molecule has 1 aromatic carbocycles. The van der Waals surface area contributed by atoms with E-state index in [1.807, 2.05) is 18.2 Å². The molecule has 0 spiro atoms. The van der Waals surface area contributed by atoms with Gasteiger partial charge in [-0.25, -0.2) is 0 Å².